The van der Waals surface area contributed by atoms with Crippen LogP contribution in [0.5, 0.6) is 0 Å². The van der Waals surface area contributed by atoms with Gasteiger partial charge in [-0.2, -0.15) is 0 Å². The number of rotatable bonds is 7. The first kappa shape index (κ1) is 18.8. The molecule has 5 nitrogen and oxygen atoms in total. The Labute approximate surface area is 166 Å². The molecule has 5 heteroatoms. The molecule has 1 fully saturated rings. The maximum atomic E-state index is 10.6. The highest BCUT2D eigenvalue weighted by Gasteiger charge is 2.19. The Hall–Kier alpha value is -2.50. The van der Waals surface area contributed by atoms with Gasteiger partial charge in [0.15, 0.2) is 0 Å². The summed E-state index contributed by atoms with van der Waals surface area (Å²) in [5.74, 6) is 0. The number of hydrogen-bond donors (Lipinski definition) is 1. The molecule has 0 radical (unpaired) electrons. The van der Waals surface area contributed by atoms with Crippen LogP contribution in [0.1, 0.15) is 32.1 Å². The van der Waals surface area contributed by atoms with Crippen LogP contribution in [0.4, 0.5) is 0 Å². The van der Waals surface area contributed by atoms with Crippen molar-refractivity contribution < 1.29 is 9.84 Å². The summed E-state index contributed by atoms with van der Waals surface area (Å²) in [5, 5.41) is 10.6. The summed E-state index contributed by atoms with van der Waals surface area (Å²) in [6.07, 6.45) is 11.1. The molecule has 0 spiro atoms. The lowest BCUT2D eigenvalue weighted by molar-refractivity contribution is -0.0282. The van der Waals surface area contributed by atoms with Gasteiger partial charge in [0.05, 0.1) is 43.1 Å². The number of hydrogen-bond acceptors (Lipinski definition) is 4. The topological polar surface area (TPSA) is 60.2 Å². The molecule has 28 heavy (non-hydrogen) atoms. The van der Waals surface area contributed by atoms with Gasteiger partial charge in [-0.15, -0.1) is 0 Å². The molecule has 146 valence electrons. The van der Waals surface area contributed by atoms with Crippen molar-refractivity contribution in [2.45, 2.75) is 50.9 Å². The molecular formula is C23H27N3O2. The normalized spacial score (nSPS) is 16.2. The highest BCUT2D eigenvalue weighted by Crippen LogP contribution is 2.31. The van der Waals surface area contributed by atoms with Crippen LogP contribution >= 0.6 is 0 Å². The van der Waals surface area contributed by atoms with E-state index < -0.39 is 6.10 Å². The van der Waals surface area contributed by atoms with Gasteiger partial charge in [-0.1, -0.05) is 49.6 Å². The Kier molecular flexibility index (Phi) is 6.14. The van der Waals surface area contributed by atoms with Crippen molar-refractivity contribution in [3.8, 4) is 22.5 Å². The molecule has 1 saturated carbocycles. The van der Waals surface area contributed by atoms with Gasteiger partial charge in [0.2, 0.25) is 0 Å². The molecule has 2 aromatic heterocycles. The maximum absolute atomic E-state index is 10.6. The van der Waals surface area contributed by atoms with E-state index in [2.05, 4.69) is 22.1 Å². The smallest absolute Gasteiger partial charge is 0.0963 e. The number of aromatic nitrogens is 3. The van der Waals surface area contributed by atoms with Crippen molar-refractivity contribution >= 4 is 0 Å². The number of aliphatic hydroxyl groups excluding tert-OH is 1. The van der Waals surface area contributed by atoms with Crippen molar-refractivity contribution in [1.82, 2.24) is 14.5 Å². The van der Waals surface area contributed by atoms with Crippen molar-refractivity contribution in [3.05, 3.63) is 61.2 Å². The Morgan fingerprint density at radius 2 is 1.75 bits per heavy atom. The van der Waals surface area contributed by atoms with Gasteiger partial charge >= 0.3 is 0 Å². The molecule has 1 atom stereocenters. The minimum absolute atomic E-state index is 0.297. The van der Waals surface area contributed by atoms with Gasteiger partial charge in [0, 0.05) is 23.5 Å². The van der Waals surface area contributed by atoms with Crippen LogP contribution in [0.2, 0.25) is 0 Å². The molecule has 0 aliphatic heterocycles. The molecule has 4 rings (SSSR count). The third-order valence-corrected chi connectivity index (χ3v) is 5.32. The van der Waals surface area contributed by atoms with E-state index in [1.807, 2.05) is 41.2 Å². The van der Waals surface area contributed by atoms with Crippen LogP contribution in [-0.4, -0.2) is 38.5 Å². The minimum Gasteiger partial charge on any atom is -0.389 e. The van der Waals surface area contributed by atoms with Gasteiger partial charge in [0.1, 0.15) is 0 Å². The molecular weight excluding hydrogens is 350 g/mol. The third kappa shape index (κ3) is 4.49. The predicted octanol–water partition coefficient (Wildman–Crippen LogP) is 4.32. The largest absolute Gasteiger partial charge is 0.389 e. The first-order valence-electron chi connectivity index (χ1n) is 10.1. The number of ether oxygens (including phenoxy) is 1. The van der Waals surface area contributed by atoms with E-state index in [1.54, 1.807) is 12.4 Å². The monoisotopic (exact) mass is 377 g/mol. The zero-order valence-electron chi connectivity index (χ0n) is 16.1. The second kappa shape index (κ2) is 9.13. The van der Waals surface area contributed by atoms with E-state index in [1.165, 1.54) is 19.3 Å². The number of pyridine rings is 1. The third-order valence-electron chi connectivity index (χ3n) is 5.32. The van der Waals surface area contributed by atoms with Gasteiger partial charge in [-0.3, -0.25) is 4.98 Å². The number of imidazole rings is 1. The van der Waals surface area contributed by atoms with Crippen LogP contribution in [0.25, 0.3) is 22.5 Å². The summed E-state index contributed by atoms with van der Waals surface area (Å²) in [4.78, 5) is 8.79. The Morgan fingerprint density at radius 1 is 1.00 bits per heavy atom. The molecule has 1 aromatic carbocycles. The van der Waals surface area contributed by atoms with E-state index >= 15 is 0 Å². The maximum Gasteiger partial charge on any atom is 0.0963 e. The van der Waals surface area contributed by atoms with Crippen LogP contribution in [-0.2, 0) is 11.3 Å². The fourth-order valence-corrected chi connectivity index (χ4v) is 3.90. The minimum atomic E-state index is -0.569. The average Bonchev–Trinajstić information content (AvgIpc) is 3.17. The van der Waals surface area contributed by atoms with Crippen LogP contribution < -0.4 is 0 Å². The van der Waals surface area contributed by atoms with E-state index in [0.29, 0.717) is 19.3 Å². The number of nitrogens with zero attached hydrogens (tertiary/aromatic N) is 3. The standard InChI is InChI=1S/C23H27N3O2/c27-20(16-28-21-9-5-2-6-10-21)15-26-17-25-22(18-7-3-1-4-8-18)23(26)19-11-13-24-14-12-19/h1,3-4,7-8,11-14,17,20-21,27H,2,5-6,9-10,15-16H2/t20-/m1/s1. The van der Waals surface area contributed by atoms with Gasteiger partial charge in [0.25, 0.3) is 0 Å². The number of benzene rings is 1. The highest BCUT2D eigenvalue weighted by molar-refractivity contribution is 5.78. The average molecular weight is 377 g/mol. The van der Waals surface area contributed by atoms with E-state index in [-0.39, 0.29) is 0 Å². The lowest BCUT2D eigenvalue weighted by Crippen LogP contribution is -2.26. The highest BCUT2D eigenvalue weighted by atomic mass is 16.5. The molecule has 0 unspecified atom stereocenters. The molecule has 1 N–H and O–H groups in total. The van der Waals surface area contributed by atoms with Crippen LogP contribution in [0.3, 0.4) is 0 Å². The van der Waals surface area contributed by atoms with Gasteiger partial charge in [-0.25, -0.2) is 4.98 Å². The van der Waals surface area contributed by atoms with Crippen LogP contribution in [0.15, 0.2) is 61.2 Å². The van der Waals surface area contributed by atoms with E-state index in [0.717, 1.165) is 35.4 Å². The van der Waals surface area contributed by atoms with E-state index in [4.69, 9.17) is 4.74 Å². The SMILES string of the molecule is O[C@@H](COC1CCCCC1)Cn1cnc(-c2ccccc2)c1-c1ccncc1. The van der Waals surface area contributed by atoms with Crippen molar-refractivity contribution in [3.63, 3.8) is 0 Å². The number of aliphatic hydroxyl groups is 1. The van der Waals surface area contributed by atoms with Crippen molar-refractivity contribution in [1.29, 1.82) is 0 Å². The zero-order valence-corrected chi connectivity index (χ0v) is 16.1. The molecule has 1 aliphatic rings. The molecule has 1 aliphatic carbocycles. The van der Waals surface area contributed by atoms with Crippen molar-refractivity contribution in [2.24, 2.45) is 0 Å². The molecule has 0 bridgehead atoms. The lowest BCUT2D eigenvalue weighted by Gasteiger charge is -2.23. The van der Waals surface area contributed by atoms with Gasteiger partial charge in [-0.05, 0) is 25.0 Å². The van der Waals surface area contributed by atoms with Gasteiger partial charge < -0.3 is 14.4 Å². The summed E-state index contributed by atoms with van der Waals surface area (Å²) in [7, 11) is 0. The quantitative estimate of drug-likeness (QED) is 0.666. The molecule has 2 heterocycles. The Bertz CT molecular complexity index is 858. The fraction of sp³-hybridized carbons (Fsp3) is 0.391. The summed E-state index contributed by atoms with van der Waals surface area (Å²) in [6.45, 7) is 0.809. The van der Waals surface area contributed by atoms with Crippen molar-refractivity contribution in [2.75, 3.05) is 6.61 Å². The Morgan fingerprint density at radius 3 is 2.50 bits per heavy atom. The Balaban J connectivity index is 1.54. The lowest BCUT2D eigenvalue weighted by atomic mass is 9.98. The molecule has 0 saturated heterocycles. The molecule has 0 amide bonds. The fourth-order valence-electron chi connectivity index (χ4n) is 3.90. The summed E-state index contributed by atoms with van der Waals surface area (Å²) < 4.78 is 7.98. The summed E-state index contributed by atoms with van der Waals surface area (Å²) >= 11 is 0. The predicted molar refractivity (Wildman–Crippen MR) is 110 cm³/mol. The second-order valence-electron chi connectivity index (χ2n) is 7.44. The molecule has 3 aromatic rings. The van der Waals surface area contributed by atoms with E-state index in [9.17, 15) is 5.11 Å². The first-order chi connectivity index (χ1) is 13.8. The second-order valence-corrected chi connectivity index (χ2v) is 7.44. The summed E-state index contributed by atoms with van der Waals surface area (Å²) in [5.41, 5.74) is 3.99. The summed E-state index contributed by atoms with van der Waals surface area (Å²) in [6, 6.07) is 14.1. The zero-order chi connectivity index (χ0) is 19.2. The van der Waals surface area contributed by atoms with Crippen LogP contribution in [0, 0.1) is 0 Å². The first-order valence-corrected chi connectivity index (χ1v) is 10.1.